The van der Waals surface area contributed by atoms with E-state index >= 15 is 0 Å². The van der Waals surface area contributed by atoms with Gasteiger partial charge in [0, 0.05) is 37.5 Å². The predicted molar refractivity (Wildman–Crippen MR) is 214 cm³/mol. The number of nitrogens with one attached hydrogen (secondary N) is 3. The molecule has 2 fully saturated rings. The zero-order chi connectivity index (χ0) is 39.8. The average molecular weight is 782 g/mol. The van der Waals surface area contributed by atoms with Crippen molar-refractivity contribution in [3.05, 3.63) is 60.3 Å². The number of aromatic nitrogens is 1. The number of hydrogen-bond donors (Lipinski definition) is 4. The minimum atomic E-state index is -1.19. The molecule has 0 bridgehead atoms. The molecule has 12 nitrogen and oxygen atoms in total. The molecular formula is C42H63N5O7S. The first-order valence-corrected chi connectivity index (χ1v) is 21.1. The minimum absolute atomic E-state index is 0.0678. The SMILES string of the molecule is CC(C)C[C@H](NC(=O)[C@H](Cc1ccccc1)OC(=O)N1CCC(NC(=O)OC(C)(C)C)CC1)C(=O)N[C@@H](CC1CCCCC1)[C@@H](O)CCSc1ccccn1. The third-order valence-corrected chi connectivity index (χ3v) is 11.0. The Morgan fingerprint density at radius 3 is 2.25 bits per heavy atom. The second-order valence-electron chi connectivity index (χ2n) is 16.4. The zero-order valence-electron chi connectivity index (χ0n) is 33.3. The highest BCUT2D eigenvalue weighted by Gasteiger charge is 2.34. The Balaban J connectivity index is 1.42. The number of aliphatic hydroxyl groups excluding tert-OH is 1. The molecule has 13 heteroatoms. The van der Waals surface area contributed by atoms with Crippen LogP contribution < -0.4 is 16.0 Å². The molecule has 2 heterocycles. The molecule has 1 aliphatic carbocycles. The van der Waals surface area contributed by atoms with Crippen molar-refractivity contribution in [2.24, 2.45) is 11.8 Å². The third-order valence-electron chi connectivity index (χ3n) is 10.0. The summed E-state index contributed by atoms with van der Waals surface area (Å²) in [5.41, 5.74) is 0.190. The Kier molecular flexibility index (Phi) is 17.6. The zero-order valence-corrected chi connectivity index (χ0v) is 34.2. The number of piperidine rings is 1. The van der Waals surface area contributed by atoms with Gasteiger partial charge in [-0.1, -0.05) is 82.3 Å². The molecule has 1 saturated heterocycles. The van der Waals surface area contributed by atoms with Crippen molar-refractivity contribution in [1.82, 2.24) is 25.8 Å². The second-order valence-corrected chi connectivity index (χ2v) is 17.5. The molecule has 1 saturated carbocycles. The van der Waals surface area contributed by atoms with Gasteiger partial charge in [-0.3, -0.25) is 9.59 Å². The lowest BCUT2D eigenvalue weighted by Gasteiger charge is -2.33. The van der Waals surface area contributed by atoms with Crippen molar-refractivity contribution in [2.75, 3.05) is 18.8 Å². The summed E-state index contributed by atoms with van der Waals surface area (Å²) in [6.07, 6.45) is 6.94. The summed E-state index contributed by atoms with van der Waals surface area (Å²) in [5.74, 6) is 0.201. The Morgan fingerprint density at radius 1 is 0.927 bits per heavy atom. The standard InChI is InChI=1S/C42H63N5O7S/c1-29(2)26-34(38(49)45-33(27-30-14-8-6-9-15-30)35(48)21-25-55-37-18-12-13-22-43-37)46-39(50)36(28-31-16-10-7-11-17-31)53-41(52)47-23-19-32(20-24-47)44-40(51)54-42(3,4)5/h7,10-13,16-18,22,29-30,32-36,48H,6,8-9,14-15,19-21,23-28H2,1-5H3,(H,44,51)(H,45,49)(H,46,50)/t33-,34-,35-,36-/m0/s1. The van der Waals surface area contributed by atoms with E-state index in [0.29, 0.717) is 56.9 Å². The molecule has 4 atom stereocenters. The van der Waals surface area contributed by atoms with Crippen LogP contribution in [-0.2, 0) is 25.5 Å². The fourth-order valence-corrected chi connectivity index (χ4v) is 8.03. The number of rotatable bonds is 17. The lowest BCUT2D eigenvalue weighted by Crippen LogP contribution is -2.55. The maximum atomic E-state index is 14.1. The topological polar surface area (TPSA) is 159 Å². The fourth-order valence-electron chi connectivity index (χ4n) is 7.16. The van der Waals surface area contributed by atoms with Gasteiger partial charge in [-0.15, -0.1) is 11.8 Å². The van der Waals surface area contributed by atoms with Crippen molar-refractivity contribution >= 4 is 35.8 Å². The van der Waals surface area contributed by atoms with E-state index in [-0.39, 0.29) is 24.3 Å². The Bertz CT molecular complexity index is 1480. The molecular weight excluding hydrogens is 719 g/mol. The molecule has 0 unspecified atom stereocenters. The number of thioether (sulfide) groups is 1. The first-order valence-electron chi connectivity index (χ1n) is 20.1. The number of aliphatic hydroxyl groups is 1. The number of ether oxygens (including phenoxy) is 2. The smallest absolute Gasteiger partial charge is 0.410 e. The number of likely N-dealkylation sites (tertiary alicyclic amines) is 1. The molecule has 0 radical (unpaired) electrons. The molecule has 1 aromatic heterocycles. The van der Waals surface area contributed by atoms with Crippen LogP contribution in [0.2, 0.25) is 0 Å². The summed E-state index contributed by atoms with van der Waals surface area (Å²) < 4.78 is 11.3. The molecule has 2 aliphatic rings. The predicted octanol–water partition coefficient (Wildman–Crippen LogP) is 6.65. The van der Waals surface area contributed by atoms with E-state index in [4.69, 9.17) is 9.47 Å². The van der Waals surface area contributed by atoms with Crippen molar-refractivity contribution < 1.29 is 33.8 Å². The normalized spacial score (nSPS) is 17.8. The van der Waals surface area contributed by atoms with E-state index in [1.165, 1.54) is 6.42 Å². The van der Waals surface area contributed by atoms with Crippen LogP contribution in [0, 0.1) is 11.8 Å². The maximum absolute atomic E-state index is 14.1. The number of benzene rings is 1. The number of hydrogen-bond acceptors (Lipinski definition) is 9. The van der Waals surface area contributed by atoms with Crippen LogP contribution in [-0.4, -0.2) is 93.8 Å². The number of alkyl carbamates (subject to hydrolysis) is 1. The van der Waals surface area contributed by atoms with E-state index in [0.717, 1.165) is 36.3 Å². The summed E-state index contributed by atoms with van der Waals surface area (Å²) in [6.45, 7) is 10.0. The first kappa shape index (κ1) is 43.9. The van der Waals surface area contributed by atoms with Crippen LogP contribution in [0.5, 0.6) is 0 Å². The van der Waals surface area contributed by atoms with Gasteiger partial charge < -0.3 is 35.4 Å². The van der Waals surface area contributed by atoms with E-state index < -0.39 is 48.0 Å². The first-order chi connectivity index (χ1) is 26.3. The number of amides is 4. The van der Waals surface area contributed by atoms with Crippen LogP contribution in [0.25, 0.3) is 0 Å². The summed E-state index contributed by atoms with van der Waals surface area (Å²) in [5, 5.41) is 21.3. The van der Waals surface area contributed by atoms with Gasteiger partial charge in [-0.25, -0.2) is 14.6 Å². The van der Waals surface area contributed by atoms with Gasteiger partial charge in [0.05, 0.1) is 17.2 Å². The molecule has 4 amide bonds. The summed E-state index contributed by atoms with van der Waals surface area (Å²) >= 11 is 1.57. The van der Waals surface area contributed by atoms with Crippen LogP contribution in [0.15, 0.2) is 59.8 Å². The van der Waals surface area contributed by atoms with Gasteiger partial charge in [0.15, 0.2) is 6.10 Å². The highest BCUT2D eigenvalue weighted by Crippen LogP contribution is 2.29. The highest BCUT2D eigenvalue weighted by atomic mass is 32.2. The van der Waals surface area contributed by atoms with Crippen molar-refractivity contribution in [3.8, 4) is 0 Å². The number of carbonyl (C=O) groups is 4. The number of nitrogens with zero attached hydrogens (tertiary/aromatic N) is 2. The Labute approximate surface area is 331 Å². The monoisotopic (exact) mass is 781 g/mol. The number of carbonyl (C=O) groups excluding carboxylic acids is 4. The average Bonchev–Trinajstić information content (AvgIpc) is 3.14. The quantitative estimate of drug-likeness (QED) is 0.129. The molecule has 2 aromatic rings. The van der Waals surface area contributed by atoms with E-state index in [9.17, 15) is 24.3 Å². The van der Waals surface area contributed by atoms with Crippen molar-refractivity contribution in [2.45, 2.75) is 146 Å². The molecule has 55 heavy (non-hydrogen) atoms. The number of pyridine rings is 1. The molecule has 304 valence electrons. The van der Waals surface area contributed by atoms with Crippen LogP contribution in [0.3, 0.4) is 0 Å². The van der Waals surface area contributed by atoms with Gasteiger partial charge in [-0.05, 0) is 82.4 Å². The largest absolute Gasteiger partial charge is 0.444 e. The molecule has 1 aromatic carbocycles. The molecule has 4 N–H and O–H groups in total. The van der Waals surface area contributed by atoms with Crippen LogP contribution in [0.1, 0.15) is 104 Å². The minimum Gasteiger partial charge on any atom is -0.444 e. The summed E-state index contributed by atoms with van der Waals surface area (Å²) in [6, 6.07) is 13.5. The van der Waals surface area contributed by atoms with Gasteiger partial charge in [0.1, 0.15) is 11.6 Å². The lowest BCUT2D eigenvalue weighted by atomic mass is 9.83. The van der Waals surface area contributed by atoms with Gasteiger partial charge >= 0.3 is 12.2 Å². The van der Waals surface area contributed by atoms with E-state index in [2.05, 4.69) is 20.9 Å². The second kappa shape index (κ2) is 22.0. The Hall–Kier alpha value is -3.84. The van der Waals surface area contributed by atoms with Gasteiger partial charge in [0.25, 0.3) is 5.91 Å². The maximum Gasteiger partial charge on any atom is 0.410 e. The van der Waals surface area contributed by atoms with E-state index in [1.807, 2.05) is 62.4 Å². The third kappa shape index (κ3) is 16.0. The van der Waals surface area contributed by atoms with Crippen molar-refractivity contribution in [1.29, 1.82) is 0 Å². The fraction of sp³-hybridized carbons (Fsp3) is 0.643. The van der Waals surface area contributed by atoms with Crippen LogP contribution >= 0.6 is 11.8 Å². The molecule has 1 aliphatic heterocycles. The van der Waals surface area contributed by atoms with Gasteiger partial charge in [0.2, 0.25) is 5.91 Å². The van der Waals surface area contributed by atoms with Crippen molar-refractivity contribution in [3.63, 3.8) is 0 Å². The molecule has 4 rings (SSSR count). The highest BCUT2D eigenvalue weighted by molar-refractivity contribution is 7.99. The van der Waals surface area contributed by atoms with Gasteiger partial charge in [-0.2, -0.15) is 0 Å². The van der Waals surface area contributed by atoms with E-state index in [1.54, 1.807) is 43.6 Å². The summed E-state index contributed by atoms with van der Waals surface area (Å²) in [7, 11) is 0. The van der Waals surface area contributed by atoms with Crippen LogP contribution in [0.4, 0.5) is 9.59 Å². The Morgan fingerprint density at radius 2 is 1.62 bits per heavy atom. The summed E-state index contributed by atoms with van der Waals surface area (Å²) in [4.78, 5) is 59.8. The lowest BCUT2D eigenvalue weighted by molar-refractivity contribution is -0.135. The molecule has 0 spiro atoms.